The van der Waals surface area contributed by atoms with Crippen molar-refractivity contribution >= 4 is 9.84 Å². The second-order valence-corrected chi connectivity index (χ2v) is 6.69. The van der Waals surface area contributed by atoms with E-state index in [2.05, 4.69) is 0 Å². The predicted octanol–water partition coefficient (Wildman–Crippen LogP) is 1.72. The Hall–Kier alpha value is -1.01. The lowest BCUT2D eigenvalue weighted by Gasteiger charge is -2.21. The van der Waals surface area contributed by atoms with Crippen molar-refractivity contribution in [1.82, 2.24) is 0 Å². The molecule has 0 atom stereocenters. The lowest BCUT2D eigenvalue weighted by Crippen LogP contribution is -2.31. The van der Waals surface area contributed by atoms with Gasteiger partial charge in [0.25, 0.3) is 0 Å². The fourth-order valence-corrected chi connectivity index (χ4v) is 3.20. The number of hydrogen-bond acceptors (Lipinski definition) is 3. The molecule has 1 aromatic rings. The Morgan fingerprint density at radius 2 is 1.82 bits per heavy atom. The lowest BCUT2D eigenvalue weighted by molar-refractivity contribution is 0.424. The van der Waals surface area contributed by atoms with Crippen molar-refractivity contribution < 1.29 is 17.2 Å². The summed E-state index contributed by atoms with van der Waals surface area (Å²) in [6.45, 7) is 3.59. The largest absolute Gasteiger partial charge is 0.330 e. The molecule has 0 fully saturated rings. The highest BCUT2D eigenvalue weighted by Crippen LogP contribution is 2.22. The molecule has 6 heteroatoms. The Kier molecular flexibility index (Phi) is 3.88. The van der Waals surface area contributed by atoms with Gasteiger partial charge in [-0.1, -0.05) is 13.8 Å². The molecule has 17 heavy (non-hydrogen) atoms. The van der Waals surface area contributed by atoms with Crippen LogP contribution in [0.3, 0.4) is 0 Å². The van der Waals surface area contributed by atoms with Crippen LogP contribution in [0.15, 0.2) is 23.1 Å². The third-order valence-corrected chi connectivity index (χ3v) is 4.52. The van der Waals surface area contributed by atoms with Crippen LogP contribution in [-0.2, 0) is 9.84 Å². The minimum Gasteiger partial charge on any atom is -0.330 e. The molecule has 0 aliphatic heterocycles. The van der Waals surface area contributed by atoms with Crippen molar-refractivity contribution in [2.24, 2.45) is 11.1 Å². The van der Waals surface area contributed by atoms with E-state index in [1.807, 2.05) is 0 Å². The third kappa shape index (κ3) is 3.47. The Bertz CT molecular complexity index is 512. The maximum Gasteiger partial charge on any atom is 0.179 e. The predicted molar refractivity (Wildman–Crippen MR) is 61.2 cm³/mol. The van der Waals surface area contributed by atoms with E-state index in [0.29, 0.717) is 6.07 Å². The lowest BCUT2D eigenvalue weighted by atomic mass is 9.97. The molecule has 0 unspecified atom stereocenters. The third-order valence-electron chi connectivity index (χ3n) is 2.38. The summed E-state index contributed by atoms with van der Waals surface area (Å²) in [5.41, 5.74) is 4.84. The van der Waals surface area contributed by atoms with E-state index in [-0.39, 0.29) is 17.2 Å². The van der Waals surface area contributed by atoms with Gasteiger partial charge in [-0.15, -0.1) is 0 Å². The van der Waals surface area contributed by atoms with Crippen LogP contribution in [0.5, 0.6) is 0 Å². The molecule has 1 aromatic carbocycles. The number of sulfone groups is 1. The van der Waals surface area contributed by atoms with Crippen LogP contribution in [0.2, 0.25) is 0 Å². The van der Waals surface area contributed by atoms with Crippen LogP contribution in [0.25, 0.3) is 0 Å². The number of hydrogen-bond donors (Lipinski definition) is 1. The van der Waals surface area contributed by atoms with Crippen molar-refractivity contribution in [3.63, 3.8) is 0 Å². The summed E-state index contributed by atoms with van der Waals surface area (Å²) >= 11 is 0. The Labute approximate surface area is 99.6 Å². The highest BCUT2D eigenvalue weighted by atomic mass is 32.2. The van der Waals surface area contributed by atoms with Gasteiger partial charge in [-0.2, -0.15) is 0 Å². The van der Waals surface area contributed by atoms with E-state index in [9.17, 15) is 17.2 Å². The van der Waals surface area contributed by atoms with Gasteiger partial charge in [0.2, 0.25) is 0 Å². The van der Waals surface area contributed by atoms with Gasteiger partial charge < -0.3 is 5.73 Å². The zero-order chi connectivity index (χ0) is 13.3. The molecule has 2 N–H and O–H groups in total. The smallest absolute Gasteiger partial charge is 0.179 e. The van der Waals surface area contributed by atoms with Crippen molar-refractivity contribution in [1.29, 1.82) is 0 Å². The van der Waals surface area contributed by atoms with Gasteiger partial charge in [0.15, 0.2) is 21.5 Å². The Morgan fingerprint density at radius 1 is 1.24 bits per heavy atom. The summed E-state index contributed by atoms with van der Waals surface area (Å²) < 4.78 is 49.5. The van der Waals surface area contributed by atoms with Crippen molar-refractivity contribution in [2.45, 2.75) is 18.7 Å². The summed E-state index contributed by atoms with van der Waals surface area (Å²) in [5.74, 6) is -2.44. The molecule has 0 spiro atoms. The minimum atomic E-state index is -3.66. The first kappa shape index (κ1) is 14.1. The van der Waals surface area contributed by atoms with Crippen LogP contribution >= 0.6 is 0 Å². The normalized spacial score (nSPS) is 12.8. The maximum absolute atomic E-state index is 13.0. The van der Waals surface area contributed by atoms with Gasteiger partial charge in [-0.05, 0) is 30.2 Å². The quantitative estimate of drug-likeness (QED) is 0.841. The molecule has 0 radical (unpaired) electrons. The second kappa shape index (κ2) is 4.70. The van der Waals surface area contributed by atoms with Crippen LogP contribution < -0.4 is 5.73 Å². The molecule has 0 heterocycles. The molecule has 3 nitrogen and oxygen atoms in total. The molecule has 0 aliphatic carbocycles. The summed E-state index contributed by atoms with van der Waals surface area (Å²) in [4.78, 5) is -0.224. The molecule has 0 saturated carbocycles. The van der Waals surface area contributed by atoms with Crippen LogP contribution in [0.4, 0.5) is 8.78 Å². The van der Waals surface area contributed by atoms with E-state index in [4.69, 9.17) is 5.73 Å². The number of benzene rings is 1. The summed E-state index contributed by atoms with van der Waals surface area (Å²) in [6, 6.07) is 2.55. The summed E-state index contributed by atoms with van der Waals surface area (Å²) in [6.07, 6.45) is 0. The van der Waals surface area contributed by atoms with Gasteiger partial charge in [-0.25, -0.2) is 17.2 Å². The van der Waals surface area contributed by atoms with Gasteiger partial charge in [0, 0.05) is 0 Å². The zero-order valence-electron chi connectivity index (χ0n) is 9.70. The Balaban J connectivity index is 3.10. The topological polar surface area (TPSA) is 60.2 Å². The maximum atomic E-state index is 13.0. The van der Waals surface area contributed by atoms with Gasteiger partial charge >= 0.3 is 0 Å². The molecule has 0 saturated heterocycles. The minimum absolute atomic E-state index is 0.190. The van der Waals surface area contributed by atoms with Crippen molar-refractivity contribution in [3.8, 4) is 0 Å². The van der Waals surface area contributed by atoms with Gasteiger partial charge in [0.05, 0.1) is 10.6 Å². The SMILES string of the molecule is CC(C)(CN)CS(=O)(=O)c1ccc(F)c(F)c1. The standard InChI is InChI=1S/C11H15F2NO2S/c1-11(2,6-14)7-17(15,16)8-3-4-9(12)10(13)5-8/h3-5H,6-7,14H2,1-2H3. The van der Waals surface area contributed by atoms with E-state index in [1.165, 1.54) is 0 Å². The number of rotatable bonds is 4. The molecule has 0 aliphatic rings. The fourth-order valence-electron chi connectivity index (χ4n) is 1.33. The van der Waals surface area contributed by atoms with Gasteiger partial charge in [-0.3, -0.25) is 0 Å². The molecule has 96 valence electrons. The van der Waals surface area contributed by atoms with Crippen LogP contribution in [-0.4, -0.2) is 20.7 Å². The summed E-state index contributed by atoms with van der Waals surface area (Å²) in [5, 5.41) is 0. The van der Waals surface area contributed by atoms with Crippen molar-refractivity contribution in [2.75, 3.05) is 12.3 Å². The molecular formula is C11H15F2NO2S. The average molecular weight is 263 g/mol. The fraction of sp³-hybridized carbons (Fsp3) is 0.455. The monoisotopic (exact) mass is 263 g/mol. The van der Waals surface area contributed by atoms with E-state index in [0.717, 1.165) is 12.1 Å². The molecular weight excluding hydrogens is 248 g/mol. The molecule has 0 aromatic heterocycles. The zero-order valence-corrected chi connectivity index (χ0v) is 10.5. The number of nitrogens with two attached hydrogens (primary N) is 1. The number of halogens is 2. The first-order valence-corrected chi connectivity index (χ1v) is 6.71. The molecule has 0 amide bonds. The highest BCUT2D eigenvalue weighted by molar-refractivity contribution is 7.91. The first-order chi connectivity index (χ1) is 7.68. The van der Waals surface area contributed by atoms with Crippen LogP contribution in [0, 0.1) is 17.0 Å². The van der Waals surface area contributed by atoms with E-state index < -0.39 is 26.9 Å². The molecule has 0 bridgehead atoms. The summed E-state index contributed by atoms with van der Waals surface area (Å²) in [7, 11) is -3.66. The van der Waals surface area contributed by atoms with Crippen LogP contribution in [0.1, 0.15) is 13.8 Å². The second-order valence-electron chi connectivity index (χ2n) is 4.70. The first-order valence-electron chi connectivity index (χ1n) is 5.06. The highest BCUT2D eigenvalue weighted by Gasteiger charge is 2.26. The molecule has 1 rings (SSSR count). The van der Waals surface area contributed by atoms with E-state index >= 15 is 0 Å². The van der Waals surface area contributed by atoms with Gasteiger partial charge in [0.1, 0.15) is 0 Å². The Morgan fingerprint density at radius 3 is 2.29 bits per heavy atom. The van der Waals surface area contributed by atoms with Crippen molar-refractivity contribution in [3.05, 3.63) is 29.8 Å². The average Bonchev–Trinajstić information content (AvgIpc) is 2.20. The van der Waals surface area contributed by atoms with E-state index in [1.54, 1.807) is 13.8 Å².